The molecule has 3 aromatic heterocycles. The van der Waals surface area contributed by atoms with Gasteiger partial charge < -0.3 is 4.42 Å². The number of anilines is 1. The third kappa shape index (κ3) is 2.17. The van der Waals surface area contributed by atoms with E-state index in [-0.39, 0.29) is 5.91 Å². The Hall–Kier alpha value is -2.93. The average Bonchev–Trinajstić information content (AvgIpc) is 3.24. The van der Waals surface area contributed by atoms with E-state index < -0.39 is 0 Å². The van der Waals surface area contributed by atoms with E-state index >= 15 is 0 Å². The van der Waals surface area contributed by atoms with Gasteiger partial charge in [0.25, 0.3) is 5.91 Å². The van der Waals surface area contributed by atoms with Crippen molar-refractivity contribution in [3.63, 3.8) is 0 Å². The van der Waals surface area contributed by atoms with Crippen molar-refractivity contribution in [2.75, 3.05) is 5.32 Å². The number of aromatic nitrogens is 3. The summed E-state index contributed by atoms with van der Waals surface area (Å²) in [6.07, 6.45) is 2.85. The largest absolute Gasteiger partial charge is 0.472 e. The van der Waals surface area contributed by atoms with E-state index in [9.17, 15) is 4.79 Å². The Kier molecular flexibility index (Phi) is 2.97. The number of aromatic amines is 1. The van der Waals surface area contributed by atoms with Crippen LogP contribution in [0.4, 0.5) is 5.13 Å². The van der Waals surface area contributed by atoms with Gasteiger partial charge in [-0.05, 0) is 6.07 Å². The molecule has 0 fully saturated rings. The average molecular weight is 310 g/mol. The number of hydrogen-bond acceptors (Lipinski definition) is 5. The lowest BCUT2D eigenvalue weighted by Gasteiger charge is -1.98. The van der Waals surface area contributed by atoms with E-state index in [1.54, 1.807) is 6.07 Å². The molecular weight excluding hydrogens is 300 g/mol. The van der Waals surface area contributed by atoms with Gasteiger partial charge in [-0.3, -0.25) is 15.2 Å². The molecular formula is C15H10N4O2S. The second-order valence-corrected chi connectivity index (χ2v) is 5.60. The summed E-state index contributed by atoms with van der Waals surface area (Å²) < 4.78 is 5.81. The summed E-state index contributed by atoms with van der Waals surface area (Å²) in [6.45, 7) is 0. The highest BCUT2D eigenvalue weighted by Crippen LogP contribution is 2.33. The molecule has 0 saturated carbocycles. The molecule has 0 spiro atoms. The molecule has 2 N–H and O–H groups in total. The number of carbonyl (C=O) groups excluding carboxylic acids is 1. The molecule has 22 heavy (non-hydrogen) atoms. The molecule has 0 atom stereocenters. The van der Waals surface area contributed by atoms with Gasteiger partial charge in [-0.15, -0.1) is 0 Å². The normalized spacial score (nSPS) is 10.9. The minimum Gasteiger partial charge on any atom is -0.472 e. The Morgan fingerprint density at radius 1 is 1.23 bits per heavy atom. The Balaban J connectivity index is 1.67. The Morgan fingerprint density at radius 2 is 2.09 bits per heavy atom. The van der Waals surface area contributed by atoms with Crippen LogP contribution in [0.15, 0.2) is 53.3 Å². The van der Waals surface area contributed by atoms with Crippen molar-refractivity contribution in [3.05, 3.63) is 54.5 Å². The van der Waals surface area contributed by atoms with Crippen molar-refractivity contribution in [1.29, 1.82) is 0 Å². The minimum absolute atomic E-state index is 0.254. The number of hydrogen-bond donors (Lipinski definition) is 2. The quantitative estimate of drug-likeness (QED) is 0.606. The van der Waals surface area contributed by atoms with Crippen LogP contribution in [0.3, 0.4) is 0 Å². The lowest BCUT2D eigenvalue weighted by atomic mass is 10.2. The predicted octanol–water partition coefficient (Wildman–Crippen LogP) is 3.53. The zero-order valence-electron chi connectivity index (χ0n) is 11.2. The third-order valence-corrected chi connectivity index (χ3v) is 4.15. The Morgan fingerprint density at radius 3 is 2.86 bits per heavy atom. The van der Waals surface area contributed by atoms with Crippen LogP contribution in [0.25, 0.3) is 21.6 Å². The first-order valence-electron chi connectivity index (χ1n) is 6.55. The highest BCUT2D eigenvalue weighted by molar-refractivity contribution is 7.22. The molecule has 0 aliphatic carbocycles. The van der Waals surface area contributed by atoms with Crippen LogP contribution in [0.2, 0.25) is 0 Å². The number of furan rings is 1. The number of rotatable bonds is 3. The van der Waals surface area contributed by atoms with Crippen LogP contribution in [0.1, 0.15) is 10.4 Å². The van der Waals surface area contributed by atoms with Crippen LogP contribution in [0.5, 0.6) is 0 Å². The van der Waals surface area contributed by atoms with Crippen molar-refractivity contribution in [1.82, 2.24) is 15.2 Å². The molecule has 0 aliphatic rings. The van der Waals surface area contributed by atoms with E-state index in [2.05, 4.69) is 20.5 Å². The van der Waals surface area contributed by atoms with Crippen molar-refractivity contribution in [2.24, 2.45) is 0 Å². The number of H-pyrrole nitrogens is 1. The van der Waals surface area contributed by atoms with Gasteiger partial charge in [-0.1, -0.05) is 41.7 Å². The fraction of sp³-hybridized carbons (Fsp3) is 0. The van der Waals surface area contributed by atoms with Crippen LogP contribution in [0, 0.1) is 0 Å². The zero-order chi connectivity index (χ0) is 14.9. The molecule has 0 radical (unpaired) electrons. The first-order valence-corrected chi connectivity index (χ1v) is 7.37. The van der Waals surface area contributed by atoms with Gasteiger partial charge in [0.1, 0.15) is 11.0 Å². The van der Waals surface area contributed by atoms with Gasteiger partial charge in [-0.2, -0.15) is 10.1 Å². The molecule has 0 bridgehead atoms. The first-order chi connectivity index (χ1) is 10.8. The first kappa shape index (κ1) is 12.8. The van der Waals surface area contributed by atoms with Gasteiger partial charge in [-0.25, -0.2) is 0 Å². The molecule has 0 aliphatic heterocycles. The summed E-state index contributed by atoms with van der Waals surface area (Å²) in [6, 6.07) is 11.5. The summed E-state index contributed by atoms with van der Waals surface area (Å²) in [5, 5.41) is 10.4. The molecule has 1 aromatic carbocycles. The maximum Gasteiger partial charge on any atom is 0.260 e. The van der Waals surface area contributed by atoms with Gasteiger partial charge in [0.2, 0.25) is 0 Å². The van der Waals surface area contributed by atoms with Crippen LogP contribution < -0.4 is 5.32 Å². The topological polar surface area (TPSA) is 83.8 Å². The standard InChI is InChI=1S/C15H10N4O2S/c20-14(10-6-7-21-8-10)17-15-16-13-12(22-15)11(18-19-13)9-4-2-1-3-5-9/h1-8H,(H2,16,17,18,19,20). The number of benzene rings is 1. The SMILES string of the molecule is O=C(Nc1nc2n[nH]c(-c3ccccc3)c2s1)c1ccoc1. The predicted molar refractivity (Wildman–Crippen MR) is 83.9 cm³/mol. The fourth-order valence-electron chi connectivity index (χ4n) is 2.13. The number of nitrogens with one attached hydrogen (secondary N) is 2. The Bertz CT molecular complexity index is 925. The van der Waals surface area contributed by atoms with E-state index in [4.69, 9.17) is 4.42 Å². The number of nitrogens with zero attached hydrogens (tertiary/aromatic N) is 2. The van der Waals surface area contributed by atoms with Crippen LogP contribution in [-0.2, 0) is 0 Å². The van der Waals surface area contributed by atoms with Crippen LogP contribution in [-0.4, -0.2) is 21.1 Å². The second-order valence-electron chi connectivity index (χ2n) is 4.60. The molecule has 108 valence electrons. The summed E-state index contributed by atoms with van der Waals surface area (Å²) in [7, 11) is 0. The molecule has 1 amide bonds. The lowest BCUT2D eigenvalue weighted by Crippen LogP contribution is -2.10. The van der Waals surface area contributed by atoms with E-state index in [1.165, 1.54) is 23.9 Å². The molecule has 4 rings (SSSR count). The van der Waals surface area contributed by atoms with Crippen LogP contribution >= 0.6 is 11.3 Å². The summed E-state index contributed by atoms with van der Waals surface area (Å²) in [5.74, 6) is -0.254. The van der Waals surface area contributed by atoms with E-state index in [1.807, 2.05) is 30.3 Å². The van der Waals surface area contributed by atoms with Crippen molar-refractivity contribution >= 4 is 32.7 Å². The van der Waals surface area contributed by atoms with Crippen molar-refractivity contribution < 1.29 is 9.21 Å². The lowest BCUT2D eigenvalue weighted by molar-refractivity contribution is 0.102. The molecule has 4 aromatic rings. The van der Waals surface area contributed by atoms with E-state index in [0.717, 1.165) is 16.0 Å². The minimum atomic E-state index is -0.254. The third-order valence-electron chi connectivity index (χ3n) is 3.18. The highest BCUT2D eigenvalue weighted by Gasteiger charge is 2.15. The zero-order valence-corrected chi connectivity index (χ0v) is 12.1. The molecule has 0 unspecified atom stereocenters. The molecule has 7 heteroatoms. The number of amides is 1. The summed E-state index contributed by atoms with van der Waals surface area (Å²) in [5.41, 5.74) is 2.97. The fourth-order valence-corrected chi connectivity index (χ4v) is 3.04. The van der Waals surface area contributed by atoms with Crippen molar-refractivity contribution in [2.45, 2.75) is 0 Å². The number of thiazole rings is 1. The van der Waals surface area contributed by atoms with E-state index in [0.29, 0.717) is 16.3 Å². The summed E-state index contributed by atoms with van der Waals surface area (Å²) in [4.78, 5) is 16.3. The van der Waals surface area contributed by atoms with Crippen molar-refractivity contribution in [3.8, 4) is 11.3 Å². The highest BCUT2D eigenvalue weighted by atomic mass is 32.1. The van der Waals surface area contributed by atoms with Gasteiger partial charge in [0.05, 0.1) is 17.5 Å². The van der Waals surface area contributed by atoms with Gasteiger partial charge in [0, 0.05) is 5.56 Å². The monoisotopic (exact) mass is 310 g/mol. The number of carbonyl (C=O) groups is 1. The van der Waals surface area contributed by atoms with Gasteiger partial charge in [0.15, 0.2) is 10.8 Å². The maximum absolute atomic E-state index is 12.0. The molecule has 0 saturated heterocycles. The molecule has 6 nitrogen and oxygen atoms in total. The maximum atomic E-state index is 12.0. The Labute approximate surface area is 128 Å². The van der Waals surface area contributed by atoms with Gasteiger partial charge >= 0.3 is 0 Å². The number of fused-ring (bicyclic) bond motifs is 1. The second kappa shape index (κ2) is 5.12. The smallest absolute Gasteiger partial charge is 0.260 e. The summed E-state index contributed by atoms with van der Waals surface area (Å²) >= 11 is 1.38. The molecule has 3 heterocycles.